The molecule has 0 saturated heterocycles. The average molecular weight is 616 g/mol. The van der Waals surface area contributed by atoms with Crippen LogP contribution < -0.4 is 10.1 Å². The maximum Gasteiger partial charge on any atom is 0.326 e. The minimum absolute atomic E-state index is 0.0664. The lowest BCUT2D eigenvalue weighted by Crippen LogP contribution is -2.41. The Hall–Kier alpha value is -3.67. The minimum Gasteiger partial charge on any atom is -0.487 e. The van der Waals surface area contributed by atoms with Gasteiger partial charge in [-0.25, -0.2) is 9.18 Å². The van der Waals surface area contributed by atoms with E-state index in [1.165, 1.54) is 24.3 Å². The zero-order chi connectivity index (χ0) is 30.9. The molecule has 42 heavy (non-hydrogen) atoms. The van der Waals surface area contributed by atoms with Crippen LogP contribution >= 0.6 is 10.2 Å². The minimum atomic E-state index is -9.85. The Kier molecular flexibility index (Phi) is 8.09. The van der Waals surface area contributed by atoms with Crippen LogP contribution in [0.25, 0.3) is 10.8 Å². The van der Waals surface area contributed by atoms with E-state index in [9.17, 15) is 38.5 Å². The number of allylic oxidation sites excluding steroid dienone is 1. The van der Waals surface area contributed by atoms with Crippen molar-refractivity contribution in [3.63, 3.8) is 0 Å². The Morgan fingerprint density at radius 2 is 1.74 bits per heavy atom. The predicted octanol–water partition coefficient (Wildman–Crippen LogP) is 9.17. The van der Waals surface area contributed by atoms with Crippen molar-refractivity contribution in [3.05, 3.63) is 83.7 Å². The van der Waals surface area contributed by atoms with Gasteiger partial charge in [-0.05, 0) is 91.3 Å². The Balaban J connectivity index is 1.56. The van der Waals surface area contributed by atoms with Crippen LogP contribution in [0.2, 0.25) is 0 Å². The standard InChI is InChI=1S/C30H31F6NO4S/c1-18-13-19(2)15-21(14-18)5-12-27(30(39)40)37-29(38)26-10-6-22-16-23(31)7-11-25(22)28(26)41-17-20-3-8-24(9-4-20)42(32,33,34,35)36/h3-4,6-11,16,19,21,27H,1,5,12-15,17H2,2H3,(H,37,38)(H,39,40)/t19?,21?,27-/m0/s1. The summed E-state index contributed by atoms with van der Waals surface area (Å²) in [5.41, 5.74) is 1.13. The van der Waals surface area contributed by atoms with Crippen LogP contribution in [0.1, 0.15) is 54.9 Å². The molecule has 1 aliphatic carbocycles. The quantitative estimate of drug-likeness (QED) is 0.176. The SMILES string of the molecule is C=C1CC(C)CC(CC[C@H](NC(=O)c2ccc3cc(F)ccc3c2OCc2ccc(S(F)(F)(F)(F)F)cc2)C(=O)O)C1. The van der Waals surface area contributed by atoms with Gasteiger partial charge in [-0.3, -0.25) is 4.79 Å². The molecular formula is C30H31F6NO4S. The molecule has 2 unspecified atom stereocenters. The molecule has 3 aromatic carbocycles. The van der Waals surface area contributed by atoms with Crippen LogP contribution in [-0.2, 0) is 11.4 Å². The first-order valence-electron chi connectivity index (χ1n) is 13.3. The van der Waals surface area contributed by atoms with E-state index in [0.29, 0.717) is 17.7 Å². The van der Waals surface area contributed by atoms with E-state index in [0.717, 1.165) is 43.0 Å². The number of amides is 1. The largest absolute Gasteiger partial charge is 0.487 e. The van der Waals surface area contributed by atoms with E-state index in [1.807, 2.05) is 0 Å². The molecule has 3 aromatic rings. The second-order valence-electron chi connectivity index (χ2n) is 11.0. The Bertz CT molecular complexity index is 1530. The lowest BCUT2D eigenvalue weighted by Gasteiger charge is -2.40. The molecule has 4 rings (SSSR count). The van der Waals surface area contributed by atoms with Gasteiger partial charge in [0.15, 0.2) is 0 Å². The third-order valence-electron chi connectivity index (χ3n) is 7.35. The van der Waals surface area contributed by atoms with E-state index in [2.05, 4.69) is 18.8 Å². The highest BCUT2D eigenvalue weighted by atomic mass is 32.5. The number of aliphatic carboxylic acids is 1. The molecule has 0 radical (unpaired) electrons. The second-order valence-corrected chi connectivity index (χ2v) is 13.4. The van der Waals surface area contributed by atoms with Crippen molar-refractivity contribution >= 4 is 32.9 Å². The van der Waals surface area contributed by atoms with Gasteiger partial charge in [0, 0.05) is 5.39 Å². The van der Waals surface area contributed by atoms with Gasteiger partial charge < -0.3 is 15.2 Å². The monoisotopic (exact) mass is 615 g/mol. The van der Waals surface area contributed by atoms with Crippen molar-refractivity contribution in [3.8, 4) is 5.75 Å². The molecule has 12 heteroatoms. The number of carboxylic acid groups (broad SMARTS) is 1. The molecule has 0 aliphatic heterocycles. The summed E-state index contributed by atoms with van der Waals surface area (Å²) >= 11 is 0. The number of hydrogen-bond acceptors (Lipinski definition) is 3. The van der Waals surface area contributed by atoms with Gasteiger partial charge in [0.25, 0.3) is 5.91 Å². The van der Waals surface area contributed by atoms with Gasteiger partial charge in [-0.1, -0.05) is 56.7 Å². The van der Waals surface area contributed by atoms with Crippen molar-refractivity contribution in [2.45, 2.75) is 56.6 Å². The van der Waals surface area contributed by atoms with Gasteiger partial charge >= 0.3 is 16.2 Å². The fraction of sp³-hybridized carbons (Fsp3) is 0.333. The first-order chi connectivity index (χ1) is 19.4. The van der Waals surface area contributed by atoms with Crippen LogP contribution in [0.3, 0.4) is 0 Å². The lowest BCUT2D eigenvalue weighted by atomic mass is 9.77. The smallest absolute Gasteiger partial charge is 0.326 e. The summed E-state index contributed by atoms with van der Waals surface area (Å²) in [6.07, 6.45) is 3.41. The number of benzene rings is 3. The van der Waals surface area contributed by atoms with E-state index in [-0.39, 0.29) is 46.7 Å². The number of nitrogens with one attached hydrogen (secondary N) is 1. The topological polar surface area (TPSA) is 75.6 Å². The van der Waals surface area contributed by atoms with Crippen LogP contribution in [-0.4, -0.2) is 23.0 Å². The molecule has 0 aromatic heterocycles. The number of rotatable bonds is 10. The number of carboxylic acids is 1. The van der Waals surface area contributed by atoms with E-state index in [4.69, 9.17) is 4.74 Å². The van der Waals surface area contributed by atoms with Gasteiger partial charge in [0.1, 0.15) is 29.1 Å². The summed E-state index contributed by atoms with van der Waals surface area (Å²) < 4.78 is 85.1. The van der Waals surface area contributed by atoms with Gasteiger partial charge in [0.2, 0.25) is 0 Å². The molecule has 1 aliphatic rings. The molecule has 0 bridgehead atoms. The maximum atomic E-state index is 13.9. The van der Waals surface area contributed by atoms with Gasteiger partial charge in [-0.2, -0.15) is 0 Å². The normalized spacial score (nSPS) is 19.9. The third-order valence-corrected chi connectivity index (χ3v) is 8.51. The summed E-state index contributed by atoms with van der Waals surface area (Å²) in [6.45, 7) is 5.76. The highest BCUT2D eigenvalue weighted by Gasteiger charge is 2.65. The summed E-state index contributed by atoms with van der Waals surface area (Å²) in [5, 5.41) is 13.0. The summed E-state index contributed by atoms with van der Waals surface area (Å²) in [4.78, 5) is 23.3. The van der Waals surface area contributed by atoms with Crippen molar-refractivity contribution in [2.24, 2.45) is 11.8 Å². The summed E-state index contributed by atoms with van der Waals surface area (Å²) in [7, 11) is -9.85. The summed E-state index contributed by atoms with van der Waals surface area (Å²) in [6, 6.07) is 7.41. The molecule has 5 nitrogen and oxygen atoms in total. The van der Waals surface area contributed by atoms with E-state index >= 15 is 0 Å². The molecule has 1 saturated carbocycles. The fourth-order valence-corrected chi connectivity index (χ4v) is 6.09. The van der Waals surface area contributed by atoms with Crippen LogP contribution in [0, 0.1) is 17.7 Å². The van der Waals surface area contributed by atoms with Crippen LogP contribution in [0.4, 0.5) is 23.8 Å². The zero-order valence-corrected chi connectivity index (χ0v) is 23.5. The van der Waals surface area contributed by atoms with Crippen LogP contribution in [0.5, 0.6) is 5.75 Å². The molecule has 2 N–H and O–H groups in total. The number of carbonyl (C=O) groups excluding carboxylic acids is 1. The molecule has 3 atom stereocenters. The van der Waals surface area contributed by atoms with Gasteiger partial charge in [0.05, 0.1) is 5.56 Å². The number of halogens is 6. The first-order valence-corrected chi connectivity index (χ1v) is 15.2. The van der Waals surface area contributed by atoms with E-state index < -0.39 is 45.5 Å². The first kappa shape index (κ1) is 31.3. The van der Waals surface area contributed by atoms with Crippen LogP contribution in [0.15, 0.2) is 71.6 Å². The number of fused-ring (bicyclic) bond motifs is 1. The number of ether oxygens (including phenoxy) is 1. The fourth-order valence-electron chi connectivity index (χ4n) is 5.44. The van der Waals surface area contributed by atoms with Crippen molar-refractivity contribution < 1.29 is 43.3 Å². The Labute approximate surface area is 239 Å². The Morgan fingerprint density at radius 1 is 1.05 bits per heavy atom. The summed E-state index contributed by atoms with van der Waals surface area (Å²) in [5.74, 6) is -1.94. The lowest BCUT2D eigenvalue weighted by molar-refractivity contribution is -0.139. The maximum absolute atomic E-state index is 13.9. The molecule has 1 amide bonds. The second kappa shape index (κ2) is 10.9. The van der Waals surface area contributed by atoms with Crippen molar-refractivity contribution in [2.75, 3.05) is 0 Å². The molecular weight excluding hydrogens is 584 g/mol. The third kappa shape index (κ3) is 7.78. The Morgan fingerprint density at radius 3 is 2.36 bits per heavy atom. The average Bonchev–Trinajstić information content (AvgIpc) is 2.87. The molecule has 0 spiro atoms. The molecule has 1 fully saturated rings. The van der Waals surface area contributed by atoms with Crippen molar-refractivity contribution in [1.29, 1.82) is 0 Å². The highest BCUT2D eigenvalue weighted by Crippen LogP contribution is 3.02. The zero-order valence-electron chi connectivity index (χ0n) is 22.7. The van der Waals surface area contributed by atoms with Crippen molar-refractivity contribution in [1.82, 2.24) is 5.32 Å². The van der Waals surface area contributed by atoms with Gasteiger partial charge in [-0.15, -0.1) is 0 Å². The molecule has 0 heterocycles. The predicted molar refractivity (Wildman–Crippen MR) is 150 cm³/mol. The number of hydrogen-bond donors (Lipinski definition) is 2. The highest BCUT2D eigenvalue weighted by molar-refractivity contribution is 8.45. The van der Waals surface area contributed by atoms with E-state index in [1.54, 1.807) is 0 Å². The number of carbonyl (C=O) groups is 2. The molecule has 228 valence electrons.